The molecule has 0 saturated carbocycles. The van der Waals surface area contributed by atoms with Gasteiger partial charge in [-0.2, -0.15) is 5.10 Å². The molecular formula is C16H30N4O2. The van der Waals surface area contributed by atoms with Gasteiger partial charge in [0.2, 0.25) is 0 Å². The fraction of sp³-hybridized carbons (Fsp3) is 0.750. The Bertz CT molecular complexity index is 480. The molecule has 1 unspecified atom stereocenters. The van der Waals surface area contributed by atoms with E-state index in [0.717, 1.165) is 6.54 Å². The number of urea groups is 1. The van der Waals surface area contributed by atoms with Crippen molar-refractivity contribution in [2.24, 2.45) is 17.3 Å². The molecule has 1 aromatic rings. The van der Waals surface area contributed by atoms with E-state index in [1.54, 1.807) is 16.9 Å². The molecule has 6 nitrogen and oxygen atoms in total. The molecule has 1 aromatic heterocycles. The number of carbonyl (C=O) groups is 1. The molecule has 126 valence electrons. The Hall–Kier alpha value is -1.56. The number of hydrogen-bond acceptors (Lipinski definition) is 3. The molecule has 3 N–H and O–H groups in total. The normalized spacial score (nSPS) is 13.5. The zero-order valence-electron chi connectivity index (χ0n) is 14.6. The number of rotatable bonds is 7. The van der Waals surface area contributed by atoms with Crippen LogP contribution in [0.2, 0.25) is 0 Å². The molecule has 0 fully saturated rings. The first-order chi connectivity index (χ1) is 10.1. The van der Waals surface area contributed by atoms with Gasteiger partial charge in [0.05, 0.1) is 12.3 Å². The van der Waals surface area contributed by atoms with Gasteiger partial charge in [-0.05, 0) is 11.8 Å². The molecular weight excluding hydrogens is 280 g/mol. The smallest absolute Gasteiger partial charge is 0.320 e. The van der Waals surface area contributed by atoms with Gasteiger partial charge < -0.3 is 10.4 Å². The molecule has 1 atom stereocenters. The lowest BCUT2D eigenvalue weighted by Gasteiger charge is -2.33. The summed E-state index contributed by atoms with van der Waals surface area (Å²) in [4.78, 5) is 12.0. The SMILES string of the molecule is CC(C)Cn1nccc1NC(=O)NCC(C)(C)C(O)C(C)C. The fourth-order valence-corrected chi connectivity index (χ4v) is 2.41. The first kappa shape index (κ1) is 18.5. The van der Waals surface area contributed by atoms with Crippen molar-refractivity contribution in [1.82, 2.24) is 15.1 Å². The van der Waals surface area contributed by atoms with Gasteiger partial charge in [-0.25, -0.2) is 9.48 Å². The molecule has 0 aliphatic heterocycles. The Morgan fingerprint density at radius 3 is 2.55 bits per heavy atom. The zero-order valence-corrected chi connectivity index (χ0v) is 14.6. The Balaban J connectivity index is 2.55. The molecule has 6 heteroatoms. The predicted molar refractivity (Wildman–Crippen MR) is 88.7 cm³/mol. The third-order valence-corrected chi connectivity index (χ3v) is 3.63. The van der Waals surface area contributed by atoms with E-state index < -0.39 is 6.10 Å². The Labute approximate surface area is 133 Å². The highest BCUT2D eigenvalue weighted by Gasteiger charge is 2.30. The molecule has 0 aromatic carbocycles. The highest BCUT2D eigenvalue weighted by Crippen LogP contribution is 2.25. The molecule has 0 spiro atoms. The van der Waals surface area contributed by atoms with Crippen LogP contribution in [-0.4, -0.2) is 33.6 Å². The van der Waals surface area contributed by atoms with Gasteiger partial charge in [0.1, 0.15) is 5.82 Å². The van der Waals surface area contributed by atoms with Crippen LogP contribution in [0.15, 0.2) is 12.3 Å². The number of nitrogens with one attached hydrogen (secondary N) is 2. The van der Waals surface area contributed by atoms with Gasteiger partial charge in [0.15, 0.2) is 0 Å². The van der Waals surface area contributed by atoms with Gasteiger partial charge in [-0.1, -0.05) is 41.5 Å². The van der Waals surface area contributed by atoms with E-state index in [4.69, 9.17) is 0 Å². The van der Waals surface area contributed by atoms with Crippen LogP contribution in [0.3, 0.4) is 0 Å². The maximum Gasteiger partial charge on any atom is 0.320 e. The van der Waals surface area contributed by atoms with Gasteiger partial charge in [0, 0.05) is 24.6 Å². The van der Waals surface area contributed by atoms with Crippen molar-refractivity contribution < 1.29 is 9.90 Å². The van der Waals surface area contributed by atoms with Crippen LogP contribution in [0, 0.1) is 17.3 Å². The van der Waals surface area contributed by atoms with E-state index in [-0.39, 0.29) is 17.4 Å². The summed E-state index contributed by atoms with van der Waals surface area (Å²) in [6.07, 6.45) is 1.20. The van der Waals surface area contributed by atoms with E-state index in [1.807, 2.05) is 27.7 Å². The van der Waals surface area contributed by atoms with Crippen molar-refractivity contribution in [3.63, 3.8) is 0 Å². The van der Waals surface area contributed by atoms with Crippen LogP contribution >= 0.6 is 0 Å². The second-order valence-corrected chi connectivity index (χ2v) is 7.28. The summed E-state index contributed by atoms with van der Waals surface area (Å²) in [6, 6.07) is 1.49. The van der Waals surface area contributed by atoms with Crippen LogP contribution in [0.5, 0.6) is 0 Å². The van der Waals surface area contributed by atoms with Crippen molar-refractivity contribution in [3.05, 3.63) is 12.3 Å². The molecule has 0 radical (unpaired) electrons. The molecule has 0 saturated heterocycles. The van der Waals surface area contributed by atoms with Crippen molar-refractivity contribution in [2.75, 3.05) is 11.9 Å². The summed E-state index contributed by atoms with van der Waals surface area (Å²) < 4.78 is 1.78. The number of hydrogen-bond donors (Lipinski definition) is 3. The second kappa shape index (κ2) is 7.63. The molecule has 1 heterocycles. The quantitative estimate of drug-likeness (QED) is 0.724. The zero-order chi connectivity index (χ0) is 16.9. The highest BCUT2D eigenvalue weighted by atomic mass is 16.3. The standard InChI is InChI=1S/C16H30N4O2/c1-11(2)9-20-13(7-8-18-20)19-15(22)17-10-16(5,6)14(21)12(3)4/h7-8,11-12,14,21H,9-10H2,1-6H3,(H2,17,19,22). The predicted octanol–water partition coefficient (Wildman–Crippen LogP) is 2.70. The summed E-state index contributed by atoms with van der Waals surface area (Å²) in [5, 5.41) is 20.0. The van der Waals surface area contributed by atoms with Crippen LogP contribution in [-0.2, 0) is 6.54 Å². The molecule has 1 rings (SSSR count). The van der Waals surface area contributed by atoms with Crippen LogP contribution in [0.25, 0.3) is 0 Å². The van der Waals surface area contributed by atoms with Crippen molar-refractivity contribution in [3.8, 4) is 0 Å². The Morgan fingerprint density at radius 2 is 2.00 bits per heavy atom. The third-order valence-electron chi connectivity index (χ3n) is 3.63. The minimum absolute atomic E-state index is 0.146. The Morgan fingerprint density at radius 1 is 1.36 bits per heavy atom. The van der Waals surface area contributed by atoms with Crippen LogP contribution in [0.1, 0.15) is 41.5 Å². The maximum atomic E-state index is 12.0. The van der Waals surface area contributed by atoms with Gasteiger partial charge in [0.25, 0.3) is 0 Å². The highest BCUT2D eigenvalue weighted by molar-refractivity contribution is 5.88. The molecule has 0 aliphatic rings. The molecule has 22 heavy (non-hydrogen) atoms. The number of aromatic nitrogens is 2. The second-order valence-electron chi connectivity index (χ2n) is 7.28. The summed E-state index contributed by atoms with van der Waals surface area (Å²) in [5.74, 6) is 1.27. The monoisotopic (exact) mass is 310 g/mol. The topological polar surface area (TPSA) is 79.2 Å². The van der Waals surface area contributed by atoms with E-state index in [9.17, 15) is 9.90 Å². The maximum absolute atomic E-state index is 12.0. The number of nitrogens with zero attached hydrogens (tertiary/aromatic N) is 2. The third kappa shape index (κ3) is 5.33. The summed E-state index contributed by atoms with van der Waals surface area (Å²) in [7, 11) is 0. The first-order valence-corrected chi connectivity index (χ1v) is 7.88. The summed E-state index contributed by atoms with van der Waals surface area (Å²) in [5.41, 5.74) is -0.385. The van der Waals surface area contributed by atoms with Crippen molar-refractivity contribution in [2.45, 2.75) is 54.2 Å². The lowest BCUT2D eigenvalue weighted by molar-refractivity contribution is 0.0154. The lowest BCUT2D eigenvalue weighted by atomic mass is 9.81. The van der Waals surface area contributed by atoms with Crippen LogP contribution < -0.4 is 10.6 Å². The average molecular weight is 310 g/mol. The minimum Gasteiger partial charge on any atom is -0.392 e. The van der Waals surface area contributed by atoms with Crippen molar-refractivity contribution >= 4 is 11.8 Å². The van der Waals surface area contributed by atoms with E-state index in [1.165, 1.54) is 0 Å². The molecule has 2 amide bonds. The Kier molecular flexibility index (Phi) is 6.41. The minimum atomic E-state index is -0.473. The van der Waals surface area contributed by atoms with Gasteiger partial charge in [-0.15, -0.1) is 0 Å². The van der Waals surface area contributed by atoms with Gasteiger partial charge >= 0.3 is 6.03 Å². The molecule has 0 aliphatic carbocycles. The van der Waals surface area contributed by atoms with E-state index >= 15 is 0 Å². The fourth-order valence-electron chi connectivity index (χ4n) is 2.41. The van der Waals surface area contributed by atoms with E-state index in [0.29, 0.717) is 18.3 Å². The number of aliphatic hydroxyl groups is 1. The largest absolute Gasteiger partial charge is 0.392 e. The number of amides is 2. The lowest BCUT2D eigenvalue weighted by Crippen LogP contribution is -2.44. The molecule has 0 bridgehead atoms. The number of carbonyl (C=O) groups excluding carboxylic acids is 1. The van der Waals surface area contributed by atoms with Crippen molar-refractivity contribution in [1.29, 1.82) is 0 Å². The van der Waals surface area contributed by atoms with Gasteiger partial charge in [-0.3, -0.25) is 5.32 Å². The van der Waals surface area contributed by atoms with Crippen LogP contribution in [0.4, 0.5) is 10.6 Å². The first-order valence-electron chi connectivity index (χ1n) is 7.88. The number of aliphatic hydroxyl groups excluding tert-OH is 1. The summed E-state index contributed by atoms with van der Waals surface area (Å²) >= 11 is 0. The average Bonchev–Trinajstić information content (AvgIpc) is 2.82. The summed E-state index contributed by atoms with van der Waals surface area (Å²) in [6.45, 7) is 13.2. The number of anilines is 1. The van der Waals surface area contributed by atoms with E-state index in [2.05, 4.69) is 29.6 Å².